The minimum Gasteiger partial charge on any atom is -0.462 e. The summed E-state index contributed by atoms with van der Waals surface area (Å²) in [7, 11) is 0. The predicted molar refractivity (Wildman–Crippen MR) is 91.2 cm³/mol. The Labute approximate surface area is 136 Å². The zero-order valence-corrected chi connectivity index (χ0v) is 13.2. The predicted octanol–water partition coefficient (Wildman–Crippen LogP) is 5.15. The lowest BCUT2D eigenvalue weighted by molar-refractivity contribution is -0.139. The van der Waals surface area contributed by atoms with E-state index in [1.165, 1.54) is 5.56 Å². The molecule has 2 aromatic rings. The number of hydrogen-bond acceptors (Lipinski definition) is 4. The van der Waals surface area contributed by atoms with Crippen LogP contribution in [0.5, 0.6) is 0 Å². The quantitative estimate of drug-likeness (QED) is 0.307. The lowest BCUT2D eigenvalue weighted by atomic mass is 10.1. The first-order valence-electron chi connectivity index (χ1n) is 7.53. The van der Waals surface area contributed by atoms with Crippen LogP contribution >= 0.6 is 0 Å². The second-order valence-electron chi connectivity index (χ2n) is 5.22. The molecule has 0 radical (unpaired) electrons. The summed E-state index contributed by atoms with van der Waals surface area (Å²) in [6, 6.07) is 17.5. The number of ether oxygens (including phenoxy) is 1. The van der Waals surface area contributed by atoms with Crippen LogP contribution in [0.2, 0.25) is 0 Å². The molecule has 0 heterocycles. The summed E-state index contributed by atoms with van der Waals surface area (Å²) in [4.78, 5) is 11.2. The third-order valence-electron chi connectivity index (χ3n) is 3.16. The molecular weight excluding hydrogens is 288 g/mol. The summed E-state index contributed by atoms with van der Waals surface area (Å²) in [5.41, 5.74) is 3.25. The van der Waals surface area contributed by atoms with Crippen molar-refractivity contribution in [2.24, 2.45) is 10.2 Å². The third-order valence-corrected chi connectivity index (χ3v) is 3.16. The van der Waals surface area contributed by atoms with Gasteiger partial charge in [0.15, 0.2) is 0 Å². The van der Waals surface area contributed by atoms with Crippen molar-refractivity contribution in [3.8, 4) is 0 Å². The molecule has 23 heavy (non-hydrogen) atoms. The van der Waals surface area contributed by atoms with Crippen LogP contribution in [-0.4, -0.2) is 12.6 Å². The van der Waals surface area contributed by atoms with Crippen LogP contribution in [0.3, 0.4) is 0 Å². The van der Waals surface area contributed by atoms with Gasteiger partial charge < -0.3 is 4.74 Å². The van der Waals surface area contributed by atoms with Gasteiger partial charge in [0.25, 0.3) is 0 Å². The van der Waals surface area contributed by atoms with Crippen molar-refractivity contribution >= 4 is 17.3 Å². The molecule has 0 atom stereocenters. The zero-order chi connectivity index (χ0) is 16.5. The summed E-state index contributed by atoms with van der Waals surface area (Å²) >= 11 is 0. The second-order valence-corrected chi connectivity index (χ2v) is 5.22. The number of hydrogen-bond donors (Lipinski definition) is 0. The minimum absolute atomic E-state index is 0.332. The number of carbonyl (C=O) groups excluding carboxylic acids is 1. The molecule has 0 aliphatic carbocycles. The molecule has 118 valence electrons. The Morgan fingerprint density at radius 1 is 1.00 bits per heavy atom. The maximum Gasteiger partial charge on any atom is 0.333 e. The van der Waals surface area contributed by atoms with E-state index in [1.54, 1.807) is 6.92 Å². The van der Waals surface area contributed by atoms with Crippen LogP contribution in [-0.2, 0) is 16.0 Å². The van der Waals surface area contributed by atoms with Crippen LogP contribution in [0.15, 0.2) is 77.0 Å². The number of benzene rings is 2. The number of aryl methyl sites for hydroxylation is 1. The highest BCUT2D eigenvalue weighted by atomic mass is 16.5. The number of nitrogens with zero attached hydrogens (tertiary/aromatic N) is 2. The van der Waals surface area contributed by atoms with Gasteiger partial charge in [0.2, 0.25) is 0 Å². The summed E-state index contributed by atoms with van der Waals surface area (Å²) in [6.07, 6.45) is 1.63. The SMILES string of the molecule is C=C(C)C(=O)OCCCc1ccc(/N=N/c2ccccc2)cc1. The molecule has 0 aliphatic rings. The molecule has 0 unspecified atom stereocenters. The van der Waals surface area contributed by atoms with Crippen molar-refractivity contribution in [3.05, 3.63) is 72.3 Å². The molecule has 0 spiro atoms. The first-order valence-corrected chi connectivity index (χ1v) is 7.53. The monoisotopic (exact) mass is 308 g/mol. The van der Waals surface area contributed by atoms with Crippen molar-refractivity contribution < 1.29 is 9.53 Å². The van der Waals surface area contributed by atoms with Gasteiger partial charge in [0.05, 0.1) is 18.0 Å². The molecule has 0 N–H and O–H groups in total. The number of rotatable bonds is 7. The van der Waals surface area contributed by atoms with E-state index in [9.17, 15) is 4.79 Å². The molecule has 0 aliphatic heterocycles. The third kappa shape index (κ3) is 5.87. The molecule has 0 saturated heterocycles. The van der Waals surface area contributed by atoms with Gasteiger partial charge in [-0.05, 0) is 49.6 Å². The maximum absolute atomic E-state index is 11.2. The summed E-state index contributed by atoms with van der Waals surface area (Å²) in [5.74, 6) is -0.332. The van der Waals surface area contributed by atoms with E-state index in [-0.39, 0.29) is 5.97 Å². The molecule has 2 rings (SSSR count). The average Bonchev–Trinajstić information content (AvgIpc) is 2.58. The highest BCUT2D eigenvalue weighted by molar-refractivity contribution is 5.86. The van der Waals surface area contributed by atoms with Crippen molar-refractivity contribution in [3.63, 3.8) is 0 Å². The van der Waals surface area contributed by atoms with Crippen molar-refractivity contribution in [2.75, 3.05) is 6.61 Å². The van der Waals surface area contributed by atoms with Gasteiger partial charge in [-0.1, -0.05) is 36.9 Å². The molecule has 0 bridgehead atoms. The van der Waals surface area contributed by atoms with Crippen LogP contribution in [0.25, 0.3) is 0 Å². The normalized spacial score (nSPS) is 10.7. The van der Waals surface area contributed by atoms with E-state index in [2.05, 4.69) is 16.8 Å². The van der Waals surface area contributed by atoms with E-state index in [0.29, 0.717) is 12.2 Å². The topological polar surface area (TPSA) is 51.0 Å². The van der Waals surface area contributed by atoms with Gasteiger partial charge in [0, 0.05) is 5.57 Å². The van der Waals surface area contributed by atoms with Crippen molar-refractivity contribution in [1.29, 1.82) is 0 Å². The summed E-state index contributed by atoms with van der Waals surface area (Å²) < 4.78 is 5.06. The van der Waals surface area contributed by atoms with Gasteiger partial charge in [-0.15, -0.1) is 0 Å². The van der Waals surface area contributed by atoms with E-state index in [0.717, 1.165) is 24.2 Å². The Balaban J connectivity index is 1.79. The maximum atomic E-state index is 11.2. The first kappa shape index (κ1) is 16.6. The summed E-state index contributed by atoms with van der Waals surface area (Å²) in [6.45, 7) is 5.59. The van der Waals surface area contributed by atoms with Gasteiger partial charge in [-0.2, -0.15) is 10.2 Å². The Hall–Kier alpha value is -2.75. The van der Waals surface area contributed by atoms with Gasteiger partial charge in [-0.3, -0.25) is 0 Å². The zero-order valence-electron chi connectivity index (χ0n) is 13.2. The average molecular weight is 308 g/mol. The van der Waals surface area contributed by atoms with Crippen LogP contribution in [0, 0.1) is 0 Å². The summed E-state index contributed by atoms with van der Waals surface area (Å²) in [5, 5.41) is 8.38. The lowest BCUT2D eigenvalue weighted by Gasteiger charge is -2.04. The molecule has 0 fully saturated rings. The van der Waals surface area contributed by atoms with E-state index >= 15 is 0 Å². The molecule has 4 nitrogen and oxygen atoms in total. The lowest BCUT2D eigenvalue weighted by Crippen LogP contribution is -2.06. The van der Waals surface area contributed by atoms with Crippen molar-refractivity contribution in [1.82, 2.24) is 0 Å². The largest absolute Gasteiger partial charge is 0.462 e. The molecule has 4 heteroatoms. The van der Waals surface area contributed by atoms with E-state index in [4.69, 9.17) is 4.74 Å². The van der Waals surface area contributed by atoms with E-state index in [1.807, 2.05) is 54.6 Å². The second kappa shape index (κ2) is 8.63. The van der Waals surface area contributed by atoms with Crippen LogP contribution in [0.4, 0.5) is 11.4 Å². The van der Waals surface area contributed by atoms with Crippen LogP contribution in [0.1, 0.15) is 18.9 Å². The number of carbonyl (C=O) groups is 1. The Morgan fingerprint density at radius 2 is 1.61 bits per heavy atom. The highest BCUT2D eigenvalue weighted by Gasteiger charge is 2.02. The number of azo groups is 1. The minimum atomic E-state index is -0.332. The van der Waals surface area contributed by atoms with Crippen LogP contribution < -0.4 is 0 Å². The van der Waals surface area contributed by atoms with Gasteiger partial charge in [0.1, 0.15) is 0 Å². The fraction of sp³-hybridized carbons (Fsp3) is 0.211. The fourth-order valence-electron chi connectivity index (χ4n) is 1.90. The molecule has 0 aromatic heterocycles. The molecule has 2 aromatic carbocycles. The molecule has 0 amide bonds. The highest BCUT2D eigenvalue weighted by Crippen LogP contribution is 2.18. The Kier molecular flexibility index (Phi) is 6.24. The molecular formula is C19H20N2O2. The Bertz CT molecular complexity index is 676. The molecule has 0 saturated carbocycles. The fourth-order valence-corrected chi connectivity index (χ4v) is 1.90. The van der Waals surface area contributed by atoms with E-state index < -0.39 is 0 Å². The smallest absolute Gasteiger partial charge is 0.333 e. The Morgan fingerprint density at radius 3 is 2.22 bits per heavy atom. The van der Waals surface area contributed by atoms with Gasteiger partial charge in [-0.25, -0.2) is 4.79 Å². The van der Waals surface area contributed by atoms with Crippen molar-refractivity contribution in [2.45, 2.75) is 19.8 Å². The van der Waals surface area contributed by atoms with Gasteiger partial charge >= 0.3 is 5.97 Å². The standard InChI is InChI=1S/C19H20N2O2/c1-15(2)19(22)23-14-6-7-16-10-12-18(13-11-16)21-20-17-8-4-3-5-9-17/h3-5,8-13H,1,6-7,14H2,2H3/b21-20+. The number of esters is 1. The first-order chi connectivity index (χ1) is 11.1.